The molecule has 0 radical (unpaired) electrons. The molecular formula is C13H17NO4. The highest BCUT2D eigenvalue weighted by Crippen LogP contribution is 2.22. The maximum atomic E-state index is 12.3. The van der Waals surface area contributed by atoms with Crippen molar-refractivity contribution < 1.29 is 18.7 Å². The van der Waals surface area contributed by atoms with E-state index < -0.39 is 0 Å². The molecule has 1 atom stereocenters. The van der Waals surface area contributed by atoms with Gasteiger partial charge in [-0.05, 0) is 26.3 Å². The van der Waals surface area contributed by atoms with Crippen LogP contribution >= 0.6 is 0 Å². The van der Waals surface area contributed by atoms with Gasteiger partial charge >= 0.3 is 5.97 Å². The molecule has 98 valence electrons. The second-order valence-electron chi connectivity index (χ2n) is 4.59. The Labute approximate surface area is 106 Å². The van der Waals surface area contributed by atoms with Crippen LogP contribution in [0.15, 0.2) is 10.5 Å². The van der Waals surface area contributed by atoms with E-state index in [0.717, 1.165) is 5.76 Å². The minimum absolute atomic E-state index is 0.0734. The Balaban J connectivity index is 2.08. The molecule has 5 heteroatoms. The van der Waals surface area contributed by atoms with E-state index in [1.54, 1.807) is 17.9 Å². The summed E-state index contributed by atoms with van der Waals surface area (Å²) in [4.78, 5) is 25.3. The normalized spacial score (nSPS) is 19.1. The van der Waals surface area contributed by atoms with Crippen molar-refractivity contribution in [2.45, 2.75) is 20.3 Å². The lowest BCUT2D eigenvalue weighted by Gasteiger charge is -2.15. The number of methoxy groups -OCH3 is 1. The summed E-state index contributed by atoms with van der Waals surface area (Å²) in [6, 6.07) is 1.74. The molecule has 1 fully saturated rings. The molecule has 0 spiro atoms. The largest absolute Gasteiger partial charge is 0.469 e. The van der Waals surface area contributed by atoms with E-state index in [0.29, 0.717) is 30.8 Å². The van der Waals surface area contributed by atoms with Crippen molar-refractivity contribution in [3.8, 4) is 0 Å². The summed E-state index contributed by atoms with van der Waals surface area (Å²) in [6.07, 6.45) is 0.661. The Morgan fingerprint density at radius 2 is 2.17 bits per heavy atom. The molecule has 18 heavy (non-hydrogen) atoms. The van der Waals surface area contributed by atoms with Crippen molar-refractivity contribution >= 4 is 11.9 Å². The molecule has 0 aromatic carbocycles. The fourth-order valence-corrected chi connectivity index (χ4v) is 2.32. The van der Waals surface area contributed by atoms with Crippen molar-refractivity contribution in [3.63, 3.8) is 0 Å². The number of carbonyl (C=O) groups is 2. The third-order valence-corrected chi connectivity index (χ3v) is 3.28. The summed E-state index contributed by atoms with van der Waals surface area (Å²) in [5.41, 5.74) is 0.581. The van der Waals surface area contributed by atoms with Crippen molar-refractivity contribution in [1.29, 1.82) is 0 Å². The predicted molar refractivity (Wildman–Crippen MR) is 64.2 cm³/mol. The number of rotatable bonds is 2. The minimum Gasteiger partial charge on any atom is -0.469 e. The Morgan fingerprint density at radius 1 is 1.44 bits per heavy atom. The lowest BCUT2D eigenvalue weighted by Crippen LogP contribution is -2.30. The smallest absolute Gasteiger partial charge is 0.310 e. The van der Waals surface area contributed by atoms with Gasteiger partial charge in [-0.25, -0.2) is 0 Å². The molecule has 1 aromatic heterocycles. The van der Waals surface area contributed by atoms with Crippen LogP contribution in [0.4, 0.5) is 0 Å². The summed E-state index contributed by atoms with van der Waals surface area (Å²) < 4.78 is 10.1. The Bertz CT molecular complexity index is 477. The van der Waals surface area contributed by atoms with Crippen LogP contribution in [0.25, 0.3) is 0 Å². The highest BCUT2D eigenvalue weighted by molar-refractivity contribution is 5.95. The van der Waals surface area contributed by atoms with E-state index in [-0.39, 0.29) is 17.8 Å². The first kappa shape index (κ1) is 12.7. The molecule has 2 heterocycles. The van der Waals surface area contributed by atoms with Gasteiger partial charge in [0.15, 0.2) is 0 Å². The lowest BCUT2D eigenvalue weighted by atomic mass is 10.1. The fraction of sp³-hybridized carbons (Fsp3) is 0.538. The van der Waals surface area contributed by atoms with Crippen LogP contribution in [0.5, 0.6) is 0 Å². The molecule has 0 saturated carbocycles. The van der Waals surface area contributed by atoms with Gasteiger partial charge in [0.05, 0.1) is 18.6 Å². The molecule has 0 bridgehead atoms. The zero-order valence-electron chi connectivity index (χ0n) is 10.9. The number of amides is 1. The van der Waals surface area contributed by atoms with Gasteiger partial charge in [-0.1, -0.05) is 0 Å². The van der Waals surface area contributed by atoms with Crippen molar-refractivity contribution in [3.05, 3.63) is 23.2 Å². The van der Waals surface area contributed by atoms with Crippen LogP contribution in [0.2, 0.25) is 0 Å². The van der Waals surface area contributed by atoms with E-state index >= 15 is 0 Å². The van der Waals surface area contributed by atoms with Crippen LogP contribution in [0, 0.1) is 19.8 Å². The Morgan fingerprint density at radius 3 is 2.72 bits per heavy atom. The number of ether oxygens (including phenoxy) is 1. The van der Waals surface area contributed by atoms with Crippen molar-refractivity contribution in [1.82, 2.24) is 4.90 Å². The summed E-state index contributed by atoms with van der Waals surface area (Å²) >= 11 is 0. The van der Waals surface area contributed by atoms with Crippen molar-refractivity contribution in [2.24, 2.45) is 5.92 Å². The SMILES string of the molecule is COC(=O)C1CCN(C(=O)c2cc(C)oc2C)C1. The van der Waals surface area contributed by atoms with Crippen LogP contribution in [-0.2, 0) is 9.53 Å². The number of aryl methyl sites for hydroxylation is 2. The molecule has 1 amide bonds. The van der Waals surface area contributed by atoms with Gasteiger partial charge in [0.2, 0.25) is 0 Å². The molecule has 2 rings (SSSR count). The summed E-state index contributed by atoms with van der Waals surface area (Å²) in [6.45, 7) is 4.59. The summed E-state index contributed by atoms with van der Waals surface area (Å²) in [5, 5.41) is 0. The number of esters is 1. The van der Waals surface area contributed by atoms with E-state index in [2.05, 4.69) is 0 Å². The van der Waals surface area contributed by atoms with Crippen LogP contribution in [0.1, 0.15) is 28.3 Å². The molecule has 1 saturated heterocycles. The van der Waals surface area contributed by atoms with Gasteiger partial charge in [0, 0.05) is 13.1 Å². The molecule has 1 aromatic rings. The zero-order valence-corrected chi connectivity index (χ0v) is 10.9. The highest BCUT2D eigenvalue weighted by Gasteiger charge is 2.33. The Kier molecular flexibility index (Phi) is 3.41. The van der Waals surface area contributed by atoms with Crippen molar-refractivity contribution in [2.75, 3.05) is 20.2 Å². The second-order valence-corrected chi connectivity index (χ2v) is 4.59. The van der Waals surface area contributed by atoms with Gasteiger partial charge < -0.3 is 14.1 Å². The second kappa shape index (κ2) is 4.84. The van der Waals surface area contributed by atoms with E-state index in [9.17, 15) is 9.59 Å². The molecule has 1 aliphatic heterocycles. The lowest BCUT2D eigenvalue weighted by molar-refractivity contribution is -0.144. The first-order valence-electron chi connectivity index (χ1n) is 5.97. The number of likely N-dealkylation sites (tertiary alicyclic amines) is 1. The number of furan rings is 1. The van der Waals surface area contributed by atoms with Gasteiger partial charge in [-0.2, -0.15) is 0 Å². The molecule has 5 nitrogen and oxygen atoms in total. The first-order valence-corrected chi connectivity index (χ1v) is 5.97. The van der Waals surface area contributed by atoms with Crippen LogP contribution in [-0.4, -0.2) is 37.0 Å². The zero-order chi connectivity index (χ0) is 13.3. The number of carbonyl (C=O) groups excluding carboxylic acids is 2. The maximum Gasteiger partial charge on any atom is 0.310 e. The molecule has 0 aliphatic carbocycles. The van der Waals surface area contributed by atoms with Gasteiger partial charge in [0.25, 0.3) is 5.91 Å². The number of hydrogen-bond acceptors (Lipinski definition) is 4. The predicted octanol–water partition coefficient (Wildman–Crippen LogP) is 1.53. The van der Waals surface area contributed by atoms with E-state index in [4.69, 9.17) is 9.15 Å². The molecule has 0 N–H and O–H groups in total. The molecular weight excluding hydrogens is 234 g/mol. The Hall–Kier alpha value is -1.78. The third kappa shape index (κ3) is 2.25. The quantitative estimate of drug-likeness (QED) is 0.748. The standard InChI is InChI=1S/C13H17NO4/c1-8-6-11(9(2)18-8)12(15)14-5-4-10(7-14)13(16)17-3/h6,10H,4-5,7H2,1-3H3. The molecule has 1 aliphatic rings. The summed E-state index contributed by atoms with van der Waals surface area (Å²) in [5.74, 6) is 0.826. The van der Waals surface area contributed by atoms with Gasteiger partial charge in [0.1, 0.15) is 11.5 Å². The van der Waals surface area contributed by atoms with Crippen LogP contribution in [0.3, 0.4) is 0 Å². The van der Waals surface area contributed by atoms with E-state index in [1.807, 2.05) is 6.92 Å². The fourth-order valence-electron chi connectivity index (χ4n) is 2.32. The molecule has 1 unspecified atom stereocenters. The van der Waals surface area contributed by atoms with Gasteiger partial charge in [-0.15, -0.1) is 0 Å². The minimum atomic E-state index is -0.245. The summed E-state index contributed by atoms with van der Waals surface area (Å²) in [7, 11) is 1.37. The first-order chi connectivity index (χ1) is 8.52. The average molecular weight is 251 g/mol. The average Bonchev–Trinajstić information content (AvgIpc) is 2.94. The van der Waals surface area contributed by atoms with Gasteiger partial charge in [-0.3, -0.25) is 9.59 Å². The topological polar surface area (TPSA) is 59.8 Å². The highest BCUT2D eigenvalue weighted by atomic mass is 16.5. The monoisotopic (exact) mass is 251 g/mol. The van der Waals surface area contributed by atoms with E-state index in [1.165, 1.54) is 7.11 Å². The number of hydrogen-bond donors (Lipinski definition) is 0. The third-order valence-electron chi connectivity index (χ3n) is 3.28. The maximum absolute atomic E-state index is 12.3. The van der Waals surface area contributed by atoms with Crippen LogP contribution < -0.4 is 0 Å². The number of nitrogens with zero attached hydrogens (tertiary/aromatic N) is 1.